The van der Waals surface area contributed by atoms with E-state index >= 15 is 0 Å². The molecule has 16 heavy (non-hydrogen) atoms. The summed E-state index contributed by atoms with van der Waals surface area (Å²) in [6, 6.07) is 0. The van der Waals surface area contributed by atoms with Crippen LogP contribution in [0.4, 0.5) is 0 Å². The van der Waals surface area contributed by atoms with Crippen LogP contribution in [0.2, 0.25) is 0 Å². The van der Waals surface area contributed by atoms with E-state index in [0.29, 0.717) is 5.92 Å². The summed E-state index contributed by atoms with van der Waals surface area (Å²) in [5.41, 5.74) is 4.13. The Labute approximate surface area is 98.1 Å². The average Bonchev–Trinajstić information content (AvgIpc) is 2.53. The van der Waals surface area contributed by atoms with Crippen molar-refractivity contribution in [2.24, 2.45) is 5.92 Å². The zero-order valence-electron chi connectivity index (χ0n) is 9.98. The molecule has 0 aromatic carbocycles. The Morgan fingerprint density at radius 3 is 2.81 bits per heavy atom. The summed E-state index contributed by atoms with van der Waals surface area (Å²) in [5, 5.41) is 0. The van der Waals surface area contributed by atoms with Gasteiger partial charge in [-0.2, -0.15) is 0 Å². The lowest BCUT2D eigenvalue weighted by atomic mass is 9.85. The average molecular weight is 210 g/mol. The number of rotatable bonds is 1. The summed E-state index contributed by atoms with van der Waals surface area (Å²) < 4.78 is 0. The monoisotopic (exact) mass is 210 g/mol. The first kappa shape index (κ1) is 10.9. The number of allylic oxidation sites excluding steroid dienone is 12. The van der Waals surface area contributed by atoms with Gasteiger partial charge in [0.1, 0.15) is 0 Å². The van der Waals surface area contributed by atoms with E-state index in [0.717, 1.165) is 6.42 Å². The molecule has 82 valence electrons. The van der Waals surface area contributed by atoms with E-state index in [1.54, 1.807) is 0 Å². The summed E-state index contributed by atoms with van der Waals surface area (Å²) in [7, 11) is 0. The number of hydrogen-bond acceptors (Lipinski definition) is 0. The van der Waals surface area contributed by atoms with E-state index in [1.807, 2.05) is 0 Å². The van der Waals surface area contributed by atoms with Gasteiger partial charge in [-0.25, -0.2) is 0 Å². The molecule has 0 amide bonds. The van der Waals surface area contributed by atoms with Crippen molar-refractivity contribution in [3.63, 3.8) is 0 Å². The van der Waals surface area contributed by atoms with Crippen LogP contribution < -0.4 is 0 Å². The molecular weight excluding hydrogens is 192 g/mol. The van der Waals surface area contributed by atoms with Gasteiger partial charge in [0.05, 0.1) is 0 Å². The normalized spacial score (nSPS) is 26.6. The van der Waals surface area contributed by atoms with Crippen molar-refractivity contribution in [2.45, 2.75) is 20.3 Å². The third-order valence-electron chi connectivity index (χ3n) is 3.00. The highest BCUT2D eigenvalue weighted by molar-refractivity contribution is 5.57. The van der Waals surface area contributed by atoms with Gasteiger partial charge in [-0.15, -0.1) is 0 Å². The van der Waals surface area contributed by atoms with Crippen molar-refractivity contribution in [3.8, 4) is 0 Å². The van der Waals surface area contributed by atoms with Crippen molar-refractivity contribution >= 4 is 0 Å². The summed E-state index contributed by atoms with van der Waals surface area (Å²) in [4.78, 5) is 0. The first-order valence-electron chi connectivity index (χ1n) is 5.91. The van der Waals surface area contributed by atoms with Crippen LogP contribution in [0.3, 0.4) is 0 Å². The van der Waals surface area contributed by atoms with E-state index in [-0.39, 0.29) is 0 Å². The molecule has 0 nitrogen and oxygen atoms in total. The predicted octanol–water partition coefficient (Wildman–Crippen LogP) is 4.51. The Balaban J connectivity index is 2.47. The quantitative estimate of drug-likeness (QED) is 0.597. The maximum Gasteiger partial charge on any atom is -0.0000956 e. The fourth-order valence-corrected chi connectivity index (χ4v) is 2.09. The van der Waals surface area contributed by atoms with E-state index in [4.69, 9.17) is 0 Å². The van der Waals surface area contributed by atoms with Gasteiger partial charge in [-0.1, -0.05) is 61.6 Å². The summed E-state index contributed by atoms with van der Waals surface area (Å²) in [5.74, 6) is 0.506. The SMILES string of the molecule is C/C=C\C=C1\C2=C(C=CCC=C2)C=CC1C. The number of hydrogen-bond donors (Lipinski definition) is 0. The van der Waals surface area contributed by atoms with Gasteiger partial charge in [0.25, 0.3) is 0 Å². The molecule has 2 aliphatic rings. The second-order valence-electron chi connectivity index (χ2n) is 4.21. The van der Waals surface area contributed by atoms with Gasteiger partial charge in [-0.05, 0) is 36.0 Å². The lowest BCUT2D eigenvalue weighted by Crippen LogP contribution is -2.04. The van der Waals surface area contributed by atoms with Crippen molar-refractivity contribution in [2.75, 3.05) is 0 Å². The minimum atomic E-state index is 0.506. The molecule has 0 saturated heterocycles. The van der Waals surface area contributed by atoms with Crippen molar-refractivity contribution in [3.05, 3.63) is 71.4 Å². The fraction of sp³-hybridized carbons (Fsp3) is 0.250. The maximum absolute atomic E-state index is 2.28. The minimum Gasteiger partial charge on any atom is -0.0877 e. The van der Waals surface area contributed by atoms with E-state index in [9.17, 15) is 0 Å². The van der Waals surface area contributed by atoms with Crippen molar-refractivity contribution in [1.29, 1.82) is 0 Å². The Kier molecular flexibility index (Phi) is 3.40. The fourth-order valence-electron chi connectivity index (χ4n) is 2.09. The Morgan fingerprint density at radius 2 is 2.00 bits per heavy atom. The standard InChI is InChI=1S/C16H18/c1-3-4-9-15-13(2)11-12-14-8-6-5-7-10-16(14)15/h3-4,6-13H,5H2,1-2H3/b4-3-,15-9+. The molecule has 0 N–H and O–H groups in total. The first-order valence-corrected chi connectivity index (χ1v) is 5.91. The van der Waals surface area contributed by atoms with Gasteiger partial charge in [0, 0.05) is 0 Å². The lowest BCUT2D eigenvalue weighted by Gasteiger charge is -2.20. The van der Waals surface area contributed by atoms with Crippen LogP contribution >= 0.6 is 0 Å². The molecule has 0 aromatic rings. The van der Waals surface area contributed by atoms with Crippen molar-refractivity contribution in [1.82, 2.24) is 0 Å². The minimum absolute atomic E-state index is 0.506. The highest BCUT2D eigenvalue weighted by Gasteiger charge is 2.15. The highest BCUT2D eigenvalue weighted by Crippen LogP contribution is 2.32. The molecule has 1 unspecified atom stereocenters. The Bertz CT molecular complexity index is 437. The molecule has 0 spiro atoms. The van der Waals surface area contributed by atoms with Crippen molar-refractivity contribution < 1.29 is 0 Å². The summed E-state index contributed by atoms with van der Waals surface area (Å²) in [6.07, 6.45) is 20.9. The molecule has 0 saturated carbocycles. The summed E-state index contributed by atoms with van der Waals surface area (Å²) >= 11 is 0. The van der Waals surface area contributed by atoms with Crippen LogP contribution in [0.15, 0.2) is 71.4 Å². The van der Waals surface area contributed by atoms with Crippen LogP contribution in [0.1, 0.15) is 20.3 Å². The Hall–Kier alpha value is -1.56. The molecule has 0 aromatic heterocycles. The summed E-state index contributed by atoms with van der Waals surface area (Å²) in [6.45, 7) is 4.30. The smallest absolute Gasteiger partial charge is 0.0000956 e. The predicted molar refractivity (Wildman–Crippen MR) is 71.1 cm³/mol. The zero-order valence-corrected chi connectivity index (χ0v) is 9.98. The van der Waals surface area contributed by atoms with Gasteiger partial charge < -0.3 is 0 Å². The van der Waals surface area contributed by atoms with E-state index < -0.39 is 0 Å². The zero-order chi connectivity index (χ0) is 11.4. The molecule has 2 aliphatic carbocycles. The highest BCUT2D eigenvalue weighted by atomic mass is 14.2. The van der Waals surface area contributed by atoms with Crippen LogP contribution in [-0.2, 0) is 0 Å². The van der Waals surface area contributed by atoms with Crippen LogP contribution in [-0.4, -0.2) is 0 Å². The lowest BCUT2D eigenvalue weighted by molar-refractivity contribution is 0.866. The third-order valence-corrected chi connectivity index (χ3v) is 3.00. The second kappa shape index (κ2) is 4.98. The van der Waals surface area contributed by atoms with Gasteiger partial charge >= 0.3 is 0 Å². The van der Waals surface area contributed by atoms with Crippen LogP contribution in [0.5, 0.6) is 0 Å². The maximum atomic E-state index is 2.28. The molecule has 0 radical (unpaired) electrons. The van der Waals surface area contributed by atoms with E-state index in [1.165, 1.54) is 16.7 Å². The van der Waals surface area contributed by atoms with Gasteiger partial charge in [0.2, 0.25) is 0 Å². The molecule has 0 fully saturated rings. The largest absolute Gasteiger partial charge is 0.0877 e. The van der Waals surface area contributed by atoms with Crippen LogP contribution in [0.25, 0.3) is 0 Å². The molecule has 0 aliphatic heterocycles. The van der Waals surface area contributed by atoms with Crippen LogP contribution in [0, 0.1) is 5.92 Å². The molecule has 0 bridgehead atoms. The third kappa shape index (κ3) is 2.16. The molecule has 2 rings (SSSR count). The van der Waals surface area contributed by atoms with Gasteiger partial charge in [0.15, 0.2) is 0 Å². The first-order chi connectivity index (χ1) is 7.83. The molecule has 0 heteroatoms. The van der Waals surface area contributed by atoms with Gasteiger partial charge in [-0.3, -0.25) is 0 Å². The second-order valence-corrected chi connectivity index (χ2v) is 4.21. The Morgan fingerprint density at radius 1 is 1.19 bits per heavy atom. The topological polar surface area (TPSA) is 0 Å². The molecular formula is C16H18. The molecule has 1 atom stereocenters. The van der Waals surface area contributed by atoms with E-state index in [2.05, 4.69) is 68.5 Å². The molecule has 0 heterocycles.